The van der Waals surface area contributed by atoms with Gasteiger partial charge in [0.15, 0.2) is 5.96 Å². The molecule has 2 rings (SSSR count). The highest BCUT2D eigenvalue weighted by atomic mass is 127. The van der Waals surface area contributed by atoms with Crippen LogP contribution in [0.15, 0.2) is 4.99 Å². The first kappa shape index (κ1) is 22.0. The molecule has 0 aromatic carbocycles. The largest absolute Gasteiger partial charge is 0.357 e. The van der Waals surface area contributed by atoms with E-state index in [9.17, 15) is 8.42 Å². The van der Waals surface area contributed by atoms with Crippen LogP contribution in [0.1, 0.15) is 58.3 Å². The molecule has 1 aliphatic carbocycles. The summed E-state index contributed by atoms with van der Waals surface area (Å²) < 4.78 is 22.2. The van der Waals surface area contributed by atoms with Crippen LogP contribution in [-0.2, 0) is 10.0 Å². The summed E-state index contributed by atoms with van der Waals surface area (Å²) in [5, 5.41) is 8.39. The Balaban J connectivity index is 0.00000288. The molecule has 1 aliphatic heterocycles. The Labute approximate surface area is 164 Å². The molecule has 1 saturated carbocycles. The van der Waals surface area contributed by atoms with E-state index in [1.165, 1.54) is 51.4 Å². The summed E-state index contributed by atoms with van der Waals surface area (Å²) in [6.45, 7) is 5.11. The molecule has 2 aliphatic rings. The number of piperidine rings is 1. The lowest BCUT2D eigenvalue weighted by Crippen LogP contribution is -2.50. The average molecular weight is 472 g/mol. The predicted octanol–water partition coefficient (Wildman–Crippen LogP) is 2.29. The monoisotopic (exact) mass is 472 g/mol. The van der Waals surface area contributed by atoms with Gasteiger partial charge in [-0.1, -0.05) is 25.7 Å². The molecule has 0 aromatic heterocycles. The van der Waals surface area contributed by atoms with E-state index in [0.717, 1.165) is 25.6 Å². The zero-order valence-corrected chi connectivity index (χ0v) is 17.9. The highest BCUT2D eigenvalue weighted by Crippen LogP contribution is 2.42. The third kappa shape index (κ3) is 7.03. The van der Waals surface area contributed by atoms with Crippen LogP contribution < -0.4 is 10.5 Å². The molecule has 0 amide bonds. The summed E-state index contributed by atoms with van der Waals surface area (Å²) >= 11 is 0. The number of hydrogen-bond acceptors (Lipinski definition) is 3. The van der Waals surface area contributed by atoms with Gasteiger partial charge in [0, 0.05) is 19.6 Å². The van der Waals surface area contributed by atoms with Gasteiger partial charge in [0.25, 0.3) is 0 Å². The van der Waals surface area contributed by atoms with E-state index < -0.39 is 10.0 Å². The lowest BCUT2D eigenvalue weighted by Gasteiger charge is -2.44. The van der Waals surface area contributed by atoms with Crippen molar-refractivity contribution in [3.63, 3.8) is 0 Å². The summed E-state index contributed by atoms with van der Waals surface area (Å²) in [7, 11) is -3.45. The third-order valence-corrected chi connectivity index (χ3v) is 5.85. The Hall–Kier alpha value is -0.0900. The van der Waals surface area contributed by atoms with Gasteiger partial charge in [-0.2, -0.15) is 0 Å². The first-order valence-electron chi connectivity index (χ1n) is 8.98. The third-order valence-electron chi connectivity index (χ3n) is 5.10. The highest BCUT2D eigenvalue weighted by Gasteiger charge is 2.36. The Morgan fingerprint density at radius 1 is 1.17 bits per heavy atom. The zero-order chi connectivity index (χ0) is 16.8. The van der Waals surface area contributed by atoms with E-state index in [0.29, 0.717) is 5.41 Å². The van der Waals surface area contributed by atoms with Gasteiger partial charge in [-0.05, 0) is 38.0 Å². The van der Waals surface area contributed by atoms with E-state index in [4.69, 9.17) is 5.14 Å². The van der Waals surface area contributed by atoms with E-state index in [1.807, 2.05) is 6.92 Å². The molecule has 0 unspecified atom stereocenters. The van der Waals surface area contributed by atoms with Gasteiger partial charge < -0.3 is 10.2 Å². The highest BCUT2D eigenvalue weighted by molar-refractivity contribution is 14.0. The molecule has 0 atom stereocenters. The van der Waals surface area contributed by atoms with Crippen molar-refractivity contribution in [2.45, 2.75) is 58.3 Å². The molecule has 2 fully saturated rings. The second-order valence-corrected chi connectivity index (χ2v) is 8.78. The molecular weight excluding hydrogens is 439 g/mol. The second-order valence-electron chi connectivity index (χ2n) is 7.04. The Bertz CT molecular complexity index is 502. The lowest BCUT2D eigenvalue weighted by atomic mass is 9.74. The maximum atomic E-state index is 11.1. The van der Waals surface area contributed by atoms with Gasteiger partial charge in [0.05, 0.1) is 12.3 Å². The van der Waals surface area contributed by atoms with E-state index in [1.54, 1.807) is 0 Å². The number of aliphatic imine (C=N–C) groups is 1. The fourth-order valence-electron chi connectivity index (χ4n) is 3.98. The van der Waals surface area contributed by atoms with Gasteiger partial charge in [-0.25, -0.2) is 13.6 Å². The van der Waals surface area contributed by atoms with Crippen molar-refractivity contribution in [3.8, 4) is 0 Å². The van der Waals surface area contributed by atoms with Crippen LogP contribution in [-0.4, -0.2) is 51.2 Å². The van der Waals surface area contributed by atoms with Crippen molar-refractivity contribution in [1.82, 2.24) is 10.2 Å². The Morgan fingerprint density at radius 3 is 2.38 bits per heavy atom. The van der Waals surface area contributed by atoms with Gasteiger partial charge in [-0.15, -0.1) is 24.0 Å². The summed E-state index contributed by atoms with van der Waals surface area (Å²) in [4.78, 5) is 6.83. The number of nitrogens with two attached hydrogens (primary N) is 1. The number of guanidine groups is 1. The minimum absolute atomic E-state index is 0. The van der Waals surface area contributed by atoms with Gasteiger partial charge in [-0.3, -0.25) is 4.99 Å². The van der Waals surface area contributed by atoms with E-state index in [-0.39, 0.29) is 36.3 Å². The van der Waals surface area contributed by atoms with Crippen LogP contribution in [0.2, 0.25) is 0 Å². The summed E-state index contributed by atoms with van der Waals surface area (Å²) in [6, 6.07) is 0. The van der Waals surface area contributed by atoms with Crippen LogP contribution in [0.25, 0.3) is 0 Å². The van der Waals surface area contributed by atoms with Gasteiger partial charge >= 0.3 is 0 Å². The molecular formula is C16H33IN4O2S. The number of halogens is 1. The summed E-state index contributed by atoms with van der Waals surface area (Å²) in [5.74, 6) is 0.750. The van der Waals surface area contributed by atoms with Crippen molar-refractivity contribution in [3.05, 3.63) is 0 Å². The quantitative estimate of drug-likeness (QED) is 0.374. The molecule has 6 nitrogen and oxygen atoms in total. The van der Waals surface area contributed by atoms with Crippen molar-refractivity contribution in [1.29, 1.82) is 0 Å². The van der Waals surface area contributed by atoms with Crippen LogP contribution in [0.5, 0.6) is 0 Å². The maximum Gasteiger partial charge on any atom is 0.210 e. The topological polar surface area (TPSA) is 87.8 Å². The molecule has 1 saturated heterocycles. The van der Waals surface area contributed by atoms with Crippen LogP contribution >= 0.6 is 24.0 Å². The molecule has 3 N–H and O–H groups in total. The number of hydrogen-bond donors (Lipinski definition) is 2. The standard InChI is InChI=1S/C16H32N4O2S.HI/c1-2-18-15(19-11-13-23(17,21)22)20-12-7-10-16(14-20)8-5-3-4-6-9-16;/h2-14H2,1H3,(H,18,19)(H2,17,21,22);1H. The van der Waals surface area contributed by atoms with E-state index >= 15 is 0 Å². The number of likely N-dealkylation sites (tertiary alicyclic amines) is 1. The molecule has 0 aromatic rings. The molecule has 0 radical (unpaired) electrons. The normalized spacial score (nSPS) is 21.9. The molecule has 24 heavy (non-hydrogen) atoms. The zero-order valence-electron chi connectivity index (χ0n) is 14.8. The van der Waals surface area contributed by atoms with Gasteiger partial charge in [0.2, 0.25) is 10.0 Å². The summed E-state index contributed by atoms with van der Waals surface area (Å²) in [6.07, 6.45) is 10.6. The first-order valence-corrected chi connectivity index (χ1v) is 10.7. The minimum atomic E-state index is -3.45. The molecule has 8 heteroatoms. The van der Waals surface area contributed by atoms with Crippen molar-refractivity contribution < 1.29 is 8.42 Å². The molecule has 142 valence electrons. The first-order chi connectivity index (χ1) is 10.9. The molecule has 1 heterocycles. The lowest BCUT2D eigenvalue weighted by molar-refractivity contribution is 0.115. The maximum absolute atomic E-state index is 11.1. The number of nitrogens with zero attached hydrogens (tertiary/aromatic N) is 2. The minimum Gasteiger partial charge on any atom is -0.357 e. The second kappa shape index (κ2) is 10.2. The van der Waals surface area contributed by atoms with Crippen molar-refractivity contribution in [2.24, 2.45) is 15.5 Å². The fourth-order valence-corrected chi connectivity index (χ4v) is 4.33. The Kier molecular flexibility index (Phi) is 9.29. The number of rotatable bonds is 4. The Morgan fingerprint density at radius 2 is 1.79 bits per heavy atom. The van der Waals surface area contributed by atoms with Crippen LogP contribution in [0, 0.1) is 5.41 Å². The average Bonchev–Trinajstić information content (AvgIpc) is 2.71. The number of nitrogens with one attached hydrogen (secondary N) is 1. The van der Waals surface area contributed by atoms with Crippen LogP contribution in [0.3, 0.4) is 0 Å². The van der Waals surface area contributed by atoms with Gasteiger partial charge in [0.1, 0.15) is 0 Å². The predicted molar refractivity (Wildman–Crippen MR) is 110 cm³/mol. The SMILES string of the molecule is CCNC(=NCCS(N)(=O)=O)N1CCCC2(CCCCCC2)C1.I. The molecule has 1 spiro atoms. The summed E-state index contributed by atoms with van der Waals surface area (Å²) in [5.41, 5.74) is 0.435. The number of sulfonamides is 1. The van der Waals surface area contributed by atoms with Crippen molar-refractivity contribution in [2.75, 3.05) is 31.9 Å². The molecule has 0 bridgehead atoms. The van der Waals surface area contributed by atoms with E-state index in [2.05, 4.69) is 15.2 Å². The fraction of sp³-hybridized carbons (Fsp3) is 0.938. The number of primary sulfonamides is 1. The smallest absolute Gasteiger partial charge is 0.210 e. The van der Waals surface area contributed by atoms with Crippen molar-refractivity contribution >= 4 is 40.0 Å². The van der Waals surface area contributed by atoms with Crippen LogP contribution in [0.4, 0.5) is 0 Å².